The van der Waals surface area contributed by atoms with Gasteiger partial charge in [-0.2, -0.15) is 0 Å². The van der Waals surface area contributed by atoms with E-state index in [-0.39, 0.29) is 6.04 Å². The Bertz CT molecular complexity index is 331. The molecule has 2 unspecified atom stereocenters. The van der Waals surface area contributed by atoms with Gasteiger partial charge in [-0.25, -0.2) is 0 Å². The van der Waals surface area contributed by atoms with Gasteiger partial charge in [0.15, 0.2) is 0 Å². The molecule has 1 rings (SSSR count). The van der Waals surface area contributed by atoms with E-state index < -0.39 is 0 Å². The Morgan fingerprint density at radius 3 is 2.17 bits per heavy atom. The van der Waals surface area contributed by atoms with Crippen molar-refractivity contribution in [3.63, 3.8) is 0 Å². The second kappa shape index (κ2) is 7.55. The van der Waals surface area contributed by atoms with Gasteiger partial charge in [-0.3, -0.25) is 0 Å². The summed E-state index contributed by atoms with van der Waals surface area (Å²) in [7, 11) is 1.75. The van der Waals surface area contributed by atoms with Crippen LogP contribution in [0.1, 0.15) is 50.7 Å². The smallest absolute Gasteiger partial charge is 0.0543 e. The van der Waals surface area contributed by atoms with Crippen molar-refractivity contribution >= 4 is 0 Å². The maximum absolute atomic E-state index is 6.15. The monoisotopic (exact) mass is 249 g/mol. The molecular weight excluding hydrogens is 222 g/mol. The van der Waals surface area contributed by atoms with E-state index in [9.17, 15) is 0 Å². The van der Waals surface area contributed by atoms with Gasteiger partial charge in [-0.15, -0.1) is 0 Å². The molecule has 1 aromatic rings. The summed E-state index contributed by atoms with van der Waals surface area (Å²) in [5.74, 6) is 0.593. The minimum absolute atomic E-state index is 0.229. The third kappa shape index (κ3) is 5.19. The summed E-state index contributed by atoms with van der Waals surface area (Å²) in [6.07, 6.45) is 3.30. The minimum Gasteiger partial charge on any atom is -0.382 e. The summed E-state index contributed by atoms with van der Waals surface area (Å²) in [4.78, 5) is 0. The minimum atomic E-state index is 0.229. The predicted molar refractivity (Wildman–Crippen MR) is 77.9 cm³/mol. The average Bonchev–Trinajstić information content (AvgIpc) is 2.36. The fraction of sp³-hybridized carbons (Fsp3) is 0.625. The highest BCUT2D eigenvalue weighted by molar-refractivity contribution is 5.25. The van der Waals surface area contributed by atoms with Crippen molar-refractivity contribution in [1.82, 2.24) is 0 Å². The van der Waals surface area contributed by atoms with Gasteiger partial charge >= 0.3 is 0 Å². The number of methoxy groups -OCH3 is 1. The van der Waals surface area contributed by atoms with Gasteiger partial charge in [0.2, 0.25) is 0 Å². The lowest BCUT2D eigenvalue weighted by Gasteiger charge is -2.15. The molecule has 1 aromatic carbocycles. The molecular formula is C16H27NO. The zero-order valence-electron chi connectivity index (χ0n) is 12.1. The topological polar surface area (TPSA) is 35.2 Å². The van der Waals surface area contributed by atoms with Crippen molar-refractivity contribution in [2.75, 3.05) is 7.11 Å². The molecule has 18 heavy (non-hydrogen) atoms. The number of benzene rings is 1. The third-order valence-corrected chi connectivity index (χ3v) is 3.49. The summed E-state index contributed by atoms with van der Waals surface area (Å²) in [6, 6.07) is 9.06. The zero-order valence-corrected chi connectivity index (χ0v) is 12.1. The molecule has 0 saturated heterocycles. The molecule has 2 N–H and O–H groups in total. The first kappa shape index (κ1) is 15.2. The van der Waals surface area contributed by atoms with E-state index in [1.807, 2.05) is 0 Å². The highest BCUT2D eigenvalue weighted by atomic mass is 16.5. The molecule has 0 aliphatic rings. The summed E-state index contributed by atoms with van der Waals surface area (Å²) in [5, 5.41) is 0. The van der Waals surface area contributed by atoms with Gasteiger partial charge in [0, 0.05) is 13.2 Å². The van der Waals surface area contributed by atoms with Gasteiger partial charge in [0.1, 0.15) is 0 Å². The number of ether oxygens (including phenoxy) is 1. The molecule has 2 nitrogen and oxygen atoms in total. The number of rotatable bonds is 7. The Morgan fingerprint density at radius 1 is 1.06 bits per heavy atom. The second-order valence-corrected chi connectivity index (χ2v) is 5.48. The summed E-state index contributed by atoms with van der Waals surface area (Å²) >= 11 is 0. The number of nitrogens with two attached hydrogens (primary N) is 1. The van der Waals surface area contributed by atoms with Gasteiger partial charge in [0.05, 0.1) is 6.10 Å². The Kier molecular flexibility index (Phi) is 6.37. The van der Waals surface area contributed by atoms with Crippen LogP contribution >= 0.6 is 0 Å². The Balaban J connectivity index is 2.42. The lowest BCUT2D eigenvalue weighted by Crippen LogP contribution is -2.24. The van der Waals surface area contributed by atoms with Crippen LogP contribution in [0.2, 0.25) is 0 Å². The Morgan fingerprint density at radius 2 is 1.67 bits per heavy atom. The van der Waals surface area contributed by atoms with Crippen LogP contribution in [0.25, 0.3) is 0 Å². The molecule has 0 spiro atoms. The van der Waals surface area contributed by atoms with E-state index in [0.29, 0.717) is 12.0 Å². The molecule has 0 fully saturated rings. The van der Waals surface area contributed by atoms with Crippen LogP contribution in [-0.4, -0.2) is 19.3 Å². The first-order chi connectivity index (χ1) is 8.52. The van der Waals surface area contributed by atoms with Crippen LogP contribution in [-0.2, 0) is 11.2 Å². The van der Waals surface area contributed by atoms with Gasteiger partial charge in [-0.1, -0.05) is 38.1 Å². The molecule has 0 aliphatic heterocycles. The summed E-state index contributed by atoms with van der Waals surface area (Å²) < 4.78 is 5.24. The van der Waals surface area contributed by atoms with Crippen molar-refractivity contribution < 1.29 is 4.74 Å². The van der Waals surface area contributed by atoms with Gasteiger partial charge in [0.25, 0.3) is 0 Å². The van der Waals surface area contributed by atoms with Crippen LogP contribution in [0.5, 0.6) is 0 Å². The van der Waals surface area contributed by atoms with Crippen LogP contribution in [0, 0.1) is 0 Å². The SMILES string of the molecule is COC(C)CCC(N)Cc1ccc(C(C)C)cc1. The fourth-order valence-corrected chi connectivity index (χ4v) is 2.01. The largest absolute Gasteiger partial charge is 0.382 e. The van der Waals surface area contributed by atoms with Crippen molar-refractivity contribution in [2.45, 2.75) is 58.1 Å². The standard InChI is InChI=1S/C16H27NO/c1-12(2)15-8-6-14(7-9-15)11-16(17)10-5-13(3)18-4/h6-9,12-13,16H,5,10-11,17H2,1-4H3. The second-order valence-electron chi connectivity index (χ2n) is 5.48. The molecule has 0 aliphatic carbocycles. The van der Waals surface area contributed by atoms with E-state index in [0.717, 1.165) is 19.3 Å². The summed E-state index contributed by atoms with van der Waals surface area (Å²) in [6.45, 7) is 6.52. The Labute approximate surface area is 112 Å². The maximum Gasteiger partial charge on any atom is 0.0543 e. The van der Waals surface area contributed by atoms with Gasteiger partial charge in [-0.05, 0) is 43.2 Å². The lowest BCUT2D eigenvalue weighted by atomic mass is 9.97. The van der Waals surface area contributed by atoms with Crippen LogP contribution in [0.15, 0.2) is 24.3 Å². The van der Waals surface area contributed by atoms with Crippen molar-refractivity contribution in [1.29, 1.82) is 0 Å². The molecule has 2 heteroatoms. The average molecular weight is 249 g/mol. The van der Waals surface area contributed by atoms with E-state index in [4.69, 9.17) is 10.5 Å². The van der Waals surface area contributed by atoms with E-state index in [1.165, 1.54) is 11.1 Å². The first-order valence-corrected chi connectivity index (χ1v) is 6.90. The highest BCUT2D eigenvalue weighted by Crippen LogP contribution is 2.16. The molecule has 0 heterocycles. The van der Waals surface area contributed by atoms with E-state index >= 15 is 0 Å². The van der Waals surface area contributed by atoms with Crippen molar-refractivity contribution in [2.24, 2.45) is 5.73 Å². The first-order valence-electron chi connectivity index (χ1n) is 6.90. The zero-order chi connectivity index (χ0) is 13.5. The molecule has 0 radical (unpaired) electrons. The molecule has 0 saturated carbocycles. The quantitative estimate of drug-likeness (QED) is 0.802. The molecule has 0 bridgehead atoms. The summed E-state index contributed by atoms with van der Waals surface area (Å²) in [5.41, 5.74) is 8.87. The van der Waals surface area contributed by atoms with Crippen molar-refractivity contribution in [3.05, 3.63) is 35.4 Å². The highest BCUT2D eigenvalue weighted by Gasteiger charge is 2.07. The van der Waals surface area contributed by atoms with Crippen LogP contribution < -0.4 is 5.73 Å². The molecule has 2 atom stereocenters. The maximum atomic E-state index is 6.15. The molecule has 0 amide bonds. The lowest BCUT2D eigenvalue weighted by molar-refractivity contribution is 0.107. The van der Waals surface area contributed by atoms with E-state index in [2.05, 4.69) is 45.0 Å². The number of hydrogen-bond donors (Lipinski definition) is 1. The fourth-order valence-electron chi connectivity index (χ4n) is 2.01. The van der Waals surface area contributed by atoms with Crippen molar-refractivity contribution in [3.8, 4) is 0 Å². The van der Waals surface area contributed by atoms with Crippen LogP contribution in [0.3, 0.4) is 0 Å². The molecule has 0 aromatic heterocycles. The number of hydrogen-bond acceptors (Lipinski definition) is 2. The van der Waals surface area contributed by atoms with Crippen LogP contribution in [0.4, 0.5) is 0 Å². The normalized spacial score (nSPS) is 14.8. The Hall–Kier alpha value is -0.860. The molecule has 102 valence electrons. The van der Waals surface area contributed by atoms with Gasteiger partial charge < -0.3 is 10.5 Å². The third-order valence-electron chi connectivity index (χ3n) is 3.49. The van der Waals surface area contributed by atoms with E-state index in [1.54, 1.807) is 7.11 Å². The predicted octanol–water partition coefficient (Wildman–Crippen LogP) is 3.49.